The minimum atomic E-state index is -0.501. The summed E-state index contributed by atoms with van der Waals surface area (Å²) in [5.41, 5.74) is 0.947. The molecule has 0 spiro atoms. The fourth-order valence-electron chi connectivity index (χ4n) is 2.25. The Labute approximate surface area is 177 Å². The number of anilines is 2. The van der Waals surface area contributed by atoms with Crippen LogP contribution in [0.15, 0.2) is 75.7 Å². The summed E-state index contributed by atoms with van der Waals surface area (Å²) in [7, 11) is 0. The number of carbonyl (C=O) groups excluding carboxylic acids is 1. The number of rotatable bonds is 5. The van der Waals surface area contributed by atoms with E-state index in [0.29, 0.717) is 27.3 Å². The second kappa shape index (κ2) is 8.85. The molecular weight excluding hydrogens is 494 g/mol. The number of hydrogen-bond acceptors (Lipinski definition) is 4. The quantitative estimate of drug-likeness (QED) is 0.303. The minimum absolute atomic E-state index is 0.0451. The molecule has 0 unspecified atom stereocenters. The number of urea groups is 1. The summed E-state index contributed by atoms with van der Waals surface area (Å²) in [6.45, 7) is 0. The van der Waals surface area contributed by atoms with Crippen molar-refractivity contribution < 1.29 is 14.5 Å². The lowest BCUT2D eigenvalue weighted by Gasteiger charge is -2.11. The van der Waals surface area contributed by atoms with E-state index in [2.05, 4.69) is 42.5 Å². The first kappa shape index (κ1) is 19.8. The number of halogens is 2. The monoisotopic (exact) mass is 505 g/mol. The van der Waals surface area contributed by atoms with Crippen molar-refractivity contribution in [1.82, 2.24) is 0 Å². The highest BCUT2D eigenvalue weighted by Crippen LogP contribution is 2.32. The van der Waals surface area contributed by atoms with Gasteiger partial charge in [-0.05, 0) is 70.5 Å². The van der Waals surface area contributed by atoms with Crippen molar-refractivity contribution >= 4 is 55.0 Å². The van der Waals surface area contributed by atoms with Crippen molar-refractivity contribution in [2.75, 3.05) is 10.6 Å². The van der Waals surface area contributed by atoms with Crippen LogP contribution in [0.2, 0.25) is 0 Å². The van der Waals surface area contributed by atoms with Crippen LogP contribution in [0.1, 0.15) is 0 Å². The molecule has 2 N–H and O–H groups in total. The lowest BCUT2D eigenvalue weighted by molar-refractivity contribution is -0.384. The minimum Gasteiger partial charge on any atom is -0.456 e. The first-order valence-corrected chi connectivity index (χ1v) is 9.55. The van der Waals surface area contributed by atoms with Crippen LogP contribution in [0, 0.1) is 10.1 Å². The molecule has 0 aliphatic rings. The molecule has 0 aliphatic carbocycles. The molecular formula is C19H13Br2N3O4. The molecule has 0 fully saturated rings. The maximum absolute atomic E-state index is 12.1. The molecule has 3 aromatic carbocycles. The van der Waals surface area contributed by atoms with Gasteiger partial charge in [0.25, 0.3) is 5.69 Å². The molecule has 3 aromatic rings. The zero-order valence-corrected chi connectivity index (χ0v) is 17.4. The van der Waals surface area contributed by atoms with Gasteiger partial charge in [0.1, 0.15) is 11.5 Å². The first-order chi connectivity index (χ1) is 13.4. The molecule has 0 radical (unpaired) electrons. The number of benzene rings is 3. The van der Waals surface area contributed by atoms with E-state index in [0.717, 1.165) is 4.47 Å². The molecule has 0 atom stereocenters. The van der Waals surface area contributed by atoms with Gasteiger partial charge in [0.05, 0.1) is 9.40 Å². The molecule has 0 saturated heterocycles. The number of non-ortho nitro benzene ring substituents is 1. The Bertz CT molecular complexity index is 1010. The molecule has 0 heterocycles. The Balaban J connectivity index is 1.62. The number of carbonyl (C=O) groups is 1. The van der Waals surface area contributed by atoms with Crippen molar-refractivity contribution in [3.8, 4) is 11.5 Å². The SMILES string of the molecule is O=C(Nc1ccc([N+](=O)[O-])cc1)Nc1ccc(Oc2ccc(Br)cc2)c(Br)c1. The van der Waals surface area contributed by atoms with Crippen molar-refractivity contribution in [2.24, 2.45) is 0 Å². The summed E-state index contributed by atoms with van der Waals surface area (Å²) in [5.74, 6) is 1.28. The fourth-order valence-corrected chi connectivity index (χ4v) is 2.97. The lowest BCUT2D eigenvalue weighted by Crippen LogP contribution is -2.19. The Morgan fingerprint density at radius 3 is 2.11 bits per heavy atom. The van der Waals surface area contributed by atoms with E-state index >= 15 is 0 Å². The highest BCUT2D eigenvalue weighted by Gasteiger charge is 2.09. The average Bonchev–Trinajstić information content (AvgIpc) is 2.66. The zero-order valence-electron chi connectivity index (χ0n) is 14.2. The number of amides is 2. The lowest BCUT2D eigenvalue weighted by atomic mass is 10.3. The molecule has 3 rings (SSSR count). The van der Waals surface area contributed by atoms with Gasteiger partial charge in [0.15, 0.2) is 0 Å². The van der Waals surface area contributed by atoms with Gasteiger partial charge in [0.2, 0.25) is 0 Å². The van der Waals surface area contributed by atoms with Gasteiger partial charge in [-0.25, -0.2) is 4.79 Å². The molecule has 28 heavy (non-hydrogen) atoms. The van der Waals surface area contributed by atoms with Gasteiger partial charge < -0.3 is 15.4 Å². The van der Waals surface area contributed by atoms with E-state index in [1.54, 1.807) is 18.2 Å². The molecule has 2 amide bonds. The third-order valence-electron chi connectivity index (χ3n) is 3.57. The second-order valence-corrected chi connectivity index (χ2v) is 7.35. The summed E-state index contributed by atoms with van der Waals surface area (Å²) in [6, 6.07) is 17.7. The summed E-state index contributed by atoms with van der Waals surface area (Å²) in [5, 5.41) is 16.0. The largest absolute Gasteiger partial charge is 0.456 e. The predicted molar refractivity (Wildman–Crippen MR) is 114 cm³/mol. The van der Waals surface area contributed by atoms with E-state index < -0.39 is 11.0 Å². The van der Waals surface area contributed by atoms with Crippen LogP contribution in [0.5, 0.6) is 11.5 Å². The predicted octanol–water partition coefficient (Wildman–Crippen LogP) is 6.56. The van der Waals surface area contributed by atoms with E-state index in [1.165, 1.54) is 24.3 Å². The van der Waals surface area contributed by atoms with Crippen LogP contribution >= 0.6 is 31.9 Å². The average molecular weight is 507 g/mol. The van der Waals surface area contributed by atoms with Crippen LogP contribution in [0.25, 0.3) is 0 Å². The van der Waals surface area contributed by atoms with Gasteiger partial charge in [-0.15, -0.1) is 0 Å². The van der Waals surface area contributed by atoms with Crippen molar-refractivity contribution in [2.45, 2.75) is 0 Å². The maximum atomic E-state index is 12.1. The maximum Gasteiger partial charge on any atom is 0.323 e. The number of nitro groups is 1. The number of nitrogens with one attached hydrogen (secondary N) is 2. The fraction of sp³-hybridized carbons (Fsp3) is 0. The van der Waals surface area contributed by atoms with Gasteiger partial charge >= 0.3 is 6.03 Å². The van der Waals surface area contributed by atoms with E-state index in [1.807, 2.05) is 24.3 Å². The Morgan fingerprint density at radius 2 is 1.50 bits per heavy atom. The van der Waals surface area contributed by atoms with Gasteiger partial charge in [-0.2, -0.15) is 0 Å². The van der Waals surface area contributed by atoms with Crippen LogP contribution in [-0.4, -0.2) is 11.0 Å². The van der Waals surface area contributed by atoms with Gasteiger partial charge in [-0.3, -0.25) is 10.1 Å². The summed E-state index contributed by atoms with van der Waals surface area (Å²) in [4.78, 5) is 22.3. The van der Waals surface area contributed by atoms with Crippen LogP contribution in [0.3, 0.4) is 0 Å². The molecule has 0 aliphatic heterocycles. The Hall–Kier alpha value is -2.91. The standard InChI is InChI=1S/C19H13Br2N3O4/c20-12-1-8-16(9-2-12)28-18-10-5-14(11-17(18)21)23-19(25)22-13-3-6-15(7-4-13)24(26)27/h1-11H,(H2,22,23,25). The molecule has 9 heteroatoms. The smallest absolute Gasteiger partial charge is 0.323 e. The highest BCUT2D eigenvalue weighted by atomic mass is 79.9. The second-order valence-electron chi connectivity index (χ2n) is 5.58. The van der Waals surface area contributed by atoms with Crippen molar-refractivity contribution in [3.63, 3.8) is 0 Å². The number of ether oxygens (including phenoxy) is 1. The van der Waals surface area contributed by atoms with Crippen LogP contribution < -0.4 is 15.4 Å². The van der Waals surface area contributed by atoms with Crippen LogP contribution in [0.4, 0.5) is 21.9 Å². The first-order valence-electron chi connectivity index (χ1n) is 7.96. The number of nitro benzene ring substituents is 1. The molecule has 0 saturated carbocycles. The van der Waals surface area contributed by atoms with Gasteiger partial charge in [0, 0.05) is 28.0 Å². The summed E-state index contributed by atoms with van der Waals surface area (Å²) >= 11 is 6.80. The number of nitrogens with zero attached hydrogens (tertiary/aromatic N) is 1. The van der Waals surface area contributed by atoms with E-state index in [9.17, 15) is 14.9 Å². The topological polar surface area (TPSA) is 93.5 Å². The molecule has 0 aromatic heterocycles. The molecule has 142 valence electrons. The number of hydrogen-bond donors (Lipinski definition) is 2. The Kier molecular flexibility index (Phi) is 6.27. The normalized spacial score (nSPS) is 10.2. The third-order valence-corrected chi connectivity index (χ3v) is 4.72. The zero-order chi connectivity index (χ0) is 20.1. The highest BCUT2D eigenvalue weighted by molar-refractivity contribution is 9.10. The summed E-state index contributed by atoms with van der Waals surface area (Å²) in [6.07, 6.45) is 0. The van der Waals surface area contributed by atoms with Crippen molar-refractivity contribution in [3.05, 3.63) is 85.8 Å². The molecule has 7 nitrogen and oxygen atoms in total. The summed E-state index contributed by atoms with van der Waals surface area (Å²) < 4.78 is 7.43. The Morgan fingerprint density at radius 1 is 0.893 bits per heavy atom. The van der Waals surface area contributed by atoms with E-state index in [-0.39, 0.29) is 5.69 Å². The van der Waals surface area contributed by atoms with E-state index in [4.69, 9.17) is 4.74 Å². The molecule has 0 bridgehead atoms. The van der Waals surface area contributed by atoms with Gasteiger partial charge in [-0.1, -0.05) is 15.9 Å². The van der Waals surface area contributed by atoms with Crippen LogP contribution in [-0.2, 0) is 0 Å². The van der Waals surface area contributed by atoms with Crippen molar-refractivity contribution in [1.29, 1.82) is 0 Å². The third kappa shape index (κ3) is 5.30.